The first kappa shape index (κ1) is 16.4. The summed E-state index contributed by atoms with van der Waals surface area (Å²) in [5.74, 6) is 0.886. The fourth-order valence-electron chi connectivity index (χ4n) is 2.49. The number of amides is 1. The maximum absolute atomic E-state index is 12.3. The Balaban J connectivity index is 2.18. The number of hydrogen-bond acceptors (Lipinski definition) is 3. The third kappa shape index (κ3) is 5.49. The molecule has 0 aromatic rings. The van der Waals surface area contributed by atoms with Crippen LogP contribution in [0, 0.1) is 11.3 Å². The lowest BCUT2D eigenvalue weighted by molar-refractivity contribution is -0.133. The van der Waals surface area contributed by atoms with Crippen LogP contribution in [0.5, 0.6) is 0 Å². The Labute approximate surface area is 117 Å². The average molecular weight is 270 g/mol. The van der Waals surface area contributed by atoms with Crippen molar-refractivity contribution in [2.45, 2.75) is 46.5 Å². The summed E-state index contributed by atoms with van der Waals surface area (Å²) in [5.41, 5.74) is -0.150. The molecule has 0 radical (unpaired) electrons. The fraction of sp³-hybridized carbons (Fsp3) is 0.933. The minimum atomic E-state index is -0.150. The highest BCUT2D eigenvalue weighted by molar-refractivity contribution is 5.82. The van der Waals surface area contributed by atoms with Crippen molar-refractivity contribution in [3.63, 3.8) is 0 Å². The monoisotopic (exact) mass is 270 g/mol. The Bertz CT molecular complexity index is 261. The first-order valence-corrected chi connectivity index (χ1v) is 7.67. The number of piperidine rings is 1. The van der Waals surface area contributed by atoms with Gasteiger partial charge in [-0.05, 0) is 44.7 Å². The van der Waals surface area contributed by atoms with Gasteiger partial charge >= 0.3 is 0 Å². The van der Waals surface area contributed by atoms with E-state index in [-0.39, 0.29) is 11.3 Å². The second kappa shape index (κ2) is 8.54. The first-order chi connectivity index (χ1) is 9.10. The van der Waals surface area contributed by atoms with Crippen molar-refractivity contribution in [2.75, 3.05) is 32.8 Å². The predicted octanol–water partition coefficient (Wildman–Crippen LogP) is 1.95. The van der Waals surface area contributed by atoms with E-state index in [0.29, 0.717) is 19.1 Å². The molecule has 0 bridgehead atoms. The van der Waals surface area contributed by atoms with Gasteiger partial charge < -0.3 is 15.4 Å². The summed E-state index contributed by atoms with van der Waals surface area (Å²) in [6, 6.07) is 0. The summed E-state index contributed by atoms with van der Waals surface area (Å²) < 4.78 is 5.52. The summed E-state index contributed by atoms with van der Waals surface area (Å²) >= 11 is 0. The van der Waals surface area contributed by atoms with Gasteiger partial charge in [0, 0.05) is 13.2 Å². The van der Waals surface area contributed by atoms with Gasteiger partial charge in [0.15, 0.2) is 0 Å². The molecular formula is C15H30N2O2. The molecule has 0 aromatic heterocycles. The zero-order valence-corrected chi connectivity index (χ0v) is 12.8. The Morgan fingerprint density at radius 1 is 1.32 bits per heavy atom. The molecule has 1 amide bonds. The lowest BCUT2D eigenvalue weighted by atomic mass is 9.76. The molecule has 0 atom stereocenters. The largest absolute Gasteiger partial charge is 0.380 e. The Morgan fingerprint density at radius 3 is 2.58 bits per heavy atom. The van der Waals surface area contributed by atoms with Gasteiger partial charge in [0.25, 0.3) is 0 Å². The molecule has 1 saturated heterocycles. The van der Waals surface area contributed by atoms with Crippen molar-refractivity contribution in [2.24, 2.45) is 11.3 Å². The highest BCUT2D eigenvalue weighted by Gasteiger charge is 2.37. The second-order valence-corrected chi connectivity index (χ2v) is 5.93. The molecule has 0 spiro atoms. The standard InChI is InChI=1S/C15H30N2O2/c1-4-15(6-8-16-9-7-15)14(18)17-10-12-19-11-5-13(2)3/h13,16H,4-12H2,1-3H3,(H,17,18). The smallest absolute Gasteiger partial charge is 0.226 e. The van der Waals surface area contributed by atoms with E-state index in [0.717, 1.165) is 45.4 Å². The molecule has 4 nitrogen and oxygen atoms in total. The maximum Gasteiger partial charge on any atom is 0.226 e. The van der Waals surface area contributed by atoms with Crippen molar-refractivity contribution < 1.29 is 9.53 Å². The van der Waals surface area contributed by atoms with Gasteiger partial charge in [0.1, 0.15) is 0 Å². The van der Waals surface area contributed by atoms with Gasteiger partial charge in [0.2, 0.25) is 5.91 Å². The minimum absolute atomic E-state index is 0.150. The van der Waals surface area contributed by atoms with Crippen LogP contribution < -0.4 is 10.6 Å². The predicted molar refractivity (Wildman–Crippen MR) is 78.1 cm³/mol. The van der Waals surface area contributed by atoms with Gasteiger partial charge in [-0.2, -0.15) is 0 Å². The summed E-state index contributed by atoms with van der Waals surface area (Å²) in [7, 11) is 0. The number of carbonyl (C=O) groups excluding carboxylic acids is 1. The van der Waals surface area contributed by atoms with Crippen LogP contribution in [0.25, 0.3) is 0 Å². The Hall–Kier alpha value is -0.610. The van der Waals surface area contributed by atoms with Crippen molar-refractivity contribution in [3.05, 3.63) is 0 Å². The van der Waals surface area contributed by atoms with E-state index in [1.807, 2.05) is 0 Å². The topological polar surface area (TPSA) is 50.4 Å². The van der Waals surface area contributed by atoms with Crippen LogP contribution in [0.15, 0.2) is 0 Å². The molecule has 0 unspecified atom stereocenters. The summed E-state index contributed by atoms with van der Waals surface area (Å²) in [5, 5.41) is 6.36. The van der Waals surface area contributed by atoms with Gasteiger partial charge in [-0.15, -0.1) is 0 Å². The quantitative estimate of drug-likeness (QED) is 0.663. The highest BCUT2D eigenvalue weighted by Crippen LogP contribution is 2.32. The van der Waals surface area contributed by atoms with E-state index in [2.05, 4.69) is 31.4 Å². The molecule has 1 aliphatic heterocycles. The fourth-order valence-corrected chi connectivity index (χ4v) is 2.49. The van der Waals surface area contributed by atoms with Crippen LogP contribution >= 0.6 is 0 Å². The van der Waals surface area contributed by atoms with Gasteiger partial charge in [0.05, 0.1) is 12.0 Å². The molecular weight excluding hydrogens is 240 g/mol. The van der Waals surface area contributed by atoms with Crippen molar-refractivity contribution >= 4 is 5.91 Å². The molecule has 1 fully saturated rings. The number of hydrogen-bond donors (Lipinski definition) is 2. The molecule has 112 valence electrons. The normalized spacial score (nSPS) is 18.5. The van der Waals surface area contributed by atoms with Crippen molar-refractivity contribution in [3.8, 4) is 0 Å². The van der Waals surface area contributed by atoms with Crippen LogP contribution in [0.1, 0.15) is 46.5 Å². The number of rotatable bonds is 8. The molecule has 1 heterocycles. The minimum Gasteiger partial charge on any atom is -0.380 e. The summed E-state index contributed by atoms with van der Waals surface area (Å²) in [6.07, 6.45) is 3.90. The number of nitrogens with one attached hydrogen (secondary N) is 2. The van der Waals surface area contributed by atoms with Gasteiger partial charge in [-0.3, -0.25) is 4.79 Å². The van der Waals surface area contributed by atoms with E-state index >= 15 is 0 Å². The van der Waals surface area contributed by atoms with Crippen LogP contribution in [0.2, 0.25) is 0 Å². The summed E-state index contributed by atoms with van der Waals surface area (Å²) in [4.78, 5) is 12.3. The highest BCUT2D eigenvalue weighted by atomic mass is 16.5. The molecule has 0 aromatic carbocycles. The van der Waals surface area contributed by atoms with Crippen LogP contribution in [0.3, 0.4) is 0 Å². The van der Waals surface area contributed by atoms with Crippen LogP contribution in [-0.2, 0) is 9.53 Å². The maximum atomic E-state index is 12.3. The Morgan fingerprint density at radius 2 is 2.00 bits per heavy atom. The van der Waals surface area contributed by atoms with Crippen LogP contribution in [-0.4, -0.2) is 38.8 Å². The lowest BCUT2D eigenvalue weighted by Crippen LogP contribution is -2.47. The zero-order valence-electron chi connectivity index (χ0n) is 12.8. The Kier molecular flexibility index (Phi) is 7.39. The van der Waals surface area contributed by atoms with Crippen molar-refractivity contribution in [1.82, 2.24) is 10.6 Å². The first-order valence-electron chi connectivity index (χ1n) is 7.67. The van der Waals surface area contributed by atoms with E-state index in [4.69, 9.17) is 4.74 Å². The third-order valence-electron chi connectivity index (χ3n) is 4.09. The molecule has 4 heteroatoms. The second-order valence-electron chi connectivity index (χ2n) is 5.93. The number of ether oxygens (including phenoxy) is 1. The molecule has 0 saturated carbocycles. The van der Waals surface area contributed by atoms with Gasteiger partial charge in [-0.1, -0.05) is 20.8 Å². The van der Waals surface area contributed by atoms with E-state index < -0.39 is 0 Å². The summed E-state index contributed by atoms with van der Waals surface area (Å²) in [6.45, 7) is 10.4. The molecule has 19 heavy (non-hydrogen) atoms. The van der Waals surface area contributed by atoms with E-state index in [1.54, 1.807) is 0 Å². The molecule has 1 rings (SSSR count). The SMILES string of the molecule is CCC1(C(=O)NCCOCCC(C)C)CCNCC1. The molecule has 2 N–H and O–H groups in total. The molecule has 0 aliphatic carbocycles. The van der Waals surface area contributed by atoms with Crippen molar-refractivity contribution in [1.29, 1.82) is 0 Å². The lowest BCUT2D eigenvalue weighted by Gasteiger charge is -2.35. The van der Waals surface area contributed by atoms with E-state index in [9.17, 15) is 4.79 Å². The number of carbonyl (C=O) groups is 1. The van der Waals surface area contributed by atoms with E-state index in [1.165, 1.54) is 0 Å². The average Bonchev–Trinajstić information content (AvgIpc) is 2.42. The molecule has 1 aliphatic rings. The van der Waals surface area contributed by atoms with Crippen LogP contribution in [0.4, 0.5) is 0 Å². The zero-order chi connectivity index (χ0) is 14.1. The third-order valence-corrected chi connectivity index (χ3v) is 4.09. The van der Waals surface area contributed by atoms with Gasteiger partial charge in [-0.25, -0.2) is 0 Å².